The Morgan fingerprint density at radius 3 is 2.54 bits per heavy atom. The first-order valence-electron chi connectivity index (χ1n) is 8.46. The van der Waals surface area contributed by atoms with E-state index in [1.165, 1.54) is 17.4 Å². The van der Waals surface area contributed by atoms with Crippen LogP contribution in [0.2, 0.25) is 0 Å². The Balaban J connectivity index is 1.38. The minimum atomic E-state index is -0.321. The zero-order valence-electron chi connectivity index (χ0n) is 13.9. The van der Waals surface area contributed by atoms with Crippen molar-refractivity contribution in [2.24, 2.45) is 0 Å². The molecule has 4 rings (SSSR count). The molecule has 2 aromatic carbocycles. The predicted molar refractivity (Wildman–Crippen MR) is 99.9 cm³/mol. The highest BCUT2D eigenvalue weighted by atomic mass is 32.1. The summed E-state index contributed by atoms with van der Waals surface area (Å²) in [5.74, 6) is -0.616. The molecule has 6 heteroatoms. The molecule has 132 valence electrons. The van der Waals surface area contributed by atoms with Crippen molar-refractivity contribution in [1.82, 2.24) is 10.6 Å². The zero-order valence-corrected chi connectivity index (χ0v) is 14.7. The van der Waals surface area contributed by atoms with E-state index < -0.39 is 0 Å². The summed E-state index contributed by atoms with van der Waals surface area (Å²) >= 11 is 1.27. The first-order chi connectivity index (χ1) is 12.6. The van der Waals surface area contributed by atoms with E-state index in [2.05, 4.69) is 10.6 Å². The van der Waals surface area contributed by atoms with Crippen LogP contribution in [0.15, 0.2) is 48.5 Å². The molecule has 1 saturated carbocycles. The summed E-state index contributed by atoms with van der Waals surface area (Å²) in [6.07, 6.45) is 2.11. The standard InChI is InChI=1S/C20H17FN2O2S/c21-16-2-1-3-17-15(16)10-18(26-17)20(25)22-11-12-4-6-13(7-5-12)19(24)23-14-8-9-14/h1-7,10,14H,8-9,11H2,(H,22,25)(H,23,24). The molecule has 1 aliphatic carbocycles. The molecule has 0 spiro atoms. The normalized spacial score (nSPS) is 13.6. The maximum absolute atomic E-state index is 13.7. The molecule has 0 unspecified atom stereocenters. The average Bonchev–Trinajstić information content (AvgIpc) is 3.34. The van der Waals surface area contributed by atoms with Gasteiger partial charge in [-0.15, -0.1) is 11.3 Å². The number of benzene rings is 2. The van der Waals surface area contributed by atoms with Gasteiger partial charge in [0.15, 0.2) is 0 Å². The monoisotopic (exact) mass is 368 g/mol. The minimum Gasteiger partial charge on any atom is -0.349 e. The van der Waals surface area contributed by atoms with Crippen LogP contribution >= 0.6 is 11.3 Å². The second kappa shape index (κ2) is 6.88. The highest BCUT2D eigenvalue weighted by Crippen LogP contribution is 2.27. The fourth-order valence-corrected chi connectivity index (χ4v) is 3.67. The summed E-state index contributed by atoms with van der Waals surface area (Å²) in [7, 11) is 0. The van der Waals surface area contributed by atoms with E-state index in [1.807, 2.05) is 12.1 Å². The largest absolute Gasteiger partial charge is 0.349 e. The lowest BCUT2D eigenvalue weighted by Crippen LogP contribution is -2.25. The Morgan fingerprint density at radius 2 is 1.85 bits per heavy atom. The van der Waals surface area contributed by atoms with Gasteiger partial charge < -0.3 is 10.6 Å². The van der Waals surface area contributed by atoms with E-state index >= 15 is 0 Å². The van der Waals surface area contributed by atoms with Crippen molar-refractivity contribution in [2.45, 2.75) is 25.4 Å². The zero-order chi connectivity index (χ0) is 18.1. The Bertz CT molecular complexity index is 977. The topological polar surface area (TPSA) is 58.2 Å². The van der Waals surface area contributed by atoms with Crippen LogP contribution in [0.1, 0.15) is 38.4 Å². The molecule has 1 heterocycles. The van der Waals surface area contributed by atoms with Gasteiger partial charge in [0.25, 0.3) is 11.8 Å². The quantitative estimate of drug-likeness (QED) is 0.718. The van der Waals surface area contributed by atoms with E-state index in [9.17, 15) is 14.0 Å². The van der Waals surface area contributed by atoms with Gasteiger partial charge in [-0.1, -0.05) is 18.2 Å². The van der Waals surface area contributed by atoms with Gasteiger partial charge in [-0.05, 0) is 48.7 Å². The van der Waals surface area contributed by atoms with Crippen molar-refractivity contribution in [3.8, 4) is 0 Å². The third-order valence-corrected chi connectivity index (χ3v) is 5.41. The van der Waals surface area contributed by atoms with Crippen LogP contribution in [-0.2, 0) is 6.54 Å². The van der Waals surface area contributed by atoms with Gasteiger partial charge in [-0.25, -0.2) is 4.39 Å². The van der Waals surface area contributed by atoms with E-state index in [4.69, 9.17) is 0 Å². The summed E-state index contributed by atoms with van der Waals surface area (Å²) < 4.78 is 14.5. The number of hydrogen-bond donors (Lipinski definition) is 2. The Hall–Kier alpha value is -2.73. The molecule has 26 heavy (non-hydrogen) atoms. The Morgan fingerprint density at radius 1 is 1.08 bits per heavy atom. The van der Waals surface area contributed by atoms with Crippen molar-refractivity contribution in [3.05, 3.63) is 70.4 Å². The molecule has 2 amide bonds. The van der Waals surface area contributed by atoms with E-state index in [0.29, 0.717) is 28.4 Å². The number of halogens is 1. The molecule has 3 aromatic rings. The molecule has 1 fully saturated rings. The van der Waals surface area contributed by atoms with Crippen LogP contribution in [-0.4, -0.2) is 17.9 Å². The van der Waals surface area contributed by atoms with Crippen LogP contribution in [0, 0.1) is 5.82 Å². The van der Waals surface area contributed by atoms with Crippen molar-refractivity contribution in [1.29, 1.82) is 0 Å². The van der Waals surface area contributed by atoms with Crippen LogP contribution in [0.3, 0.4) is 0 Å². The van der Waals surface area contributed by atoms with Gasteiger partial charge in [-0.3, -0.25) is 9.59 Å². The van der Waals surface area contributed by atoms with Crippen molar-refractivity contribution < 1.29 is 14.0 Å². The molecule has 0 bridgehead atoms. The van der Waals surface area contributed by atoms with Crippen LogP contribution < -0.4 is 10.6 Å². The third-order valence-electron chi connectivity index (χ3n) is 4.31. The molecule has 0 aliphatic heterocycles. The molecule has 0 radical (unpaired) electrons. The summed E-state index contributed by atoms with van der Waals surface area (Å²) in [6.45, 7) is 0.347. The lowest BCUT2D eigenvalue weighted by atomic mass is 10.1. The number of carbonyl (C=O) groups excluding carboxylic acids is 2. The summed E-state index contributed by atoms with van der Waals surface area (Å²) in [5, 5.41) is 6.24. The molecule has 4 nitrogen and oxygen atoms in total. The van der Waals surface area contributed by atoms with Gasteiger partial charge >= 0.3 is 0 Å². The van der Waals surface area contributed by atoms with Gasteiger partial charge in [0, 0.05) is 28.2 Å². The van der Waals surface area contributed by atoms with E-state index in [1.54, 1.807) is 30.3 Å². The average molecular weight is 368 g/mol. The minimum absolute atomic E-state index is 0.0598. The van der Waals surface area contributed by atoms with Gasteiger partial charge in [0.1, 0.15) is 5.82 Å². The number of hydrogen-bond acceptors (Lipinski definition) is 3. The van der Waals surface area contributed by atoms with Gasteiger partial charge in [0.05, 0.1) is 4.88 Å². The predicted octanol–water partition coefficient (Wildman–Crippen LogP) is 3.86. The van der Waals surface area contributed by atoms with Gasteiger partial charge in [0.2, 0.25) is 0 Å². The Kier molecular flexibility index (Phi) is 4.42. The number of thiophene rings is 1. The van der Waals surface area contributed by atoms with Gasteiger partial charge in [-0.2, -0.15) is 0 Å². The first kappa shape index (κ1) is 16.7. The number of carbonyl (C=O) groups is 2. The lowest BCUT2D eigenvalue weighted by Gasteiger charge is -2.06. The SMILES string of the molecule is O=C(NC1CC1)c1ccc(CNC(=O)c2cc3c(F)cccc3s2)cc1. The molecule has 1 aliphatic rings. The van der Waals surface area contributed by atoms with Crippen molar-refractivity contribution in [2.75, 3.05) is 0 Å². The fraction of sp³-hybridized carbons (Fsp3) is 0.200. The van der Waals surface area contributed by atoms with Crippen LogP contribution in [0.5, 0.6) is 0 Å². The molecule has 0 saturated heterocycles. The molecule has 2 N–H and O–H groups in total. The summed E-state index contributed by atoms with van der Waals surface area (Å²) in [5.41, 5.74) is 1.51. The summed E-state index contributed by atoms with van der Waals surface area (Å²) in [6, 6.07) is 13.9. The highest BCUT2D eigenvalue weighted by Gasteiger charge is 2.23. The third kappa shape index (κ3) is 3.60. The molecular weight excluding hydrogens is 351 g/mol. The number of amides is 2. The first-order valence-corrected chi connectivity index (χ1v) is 9.28. The number of fused-ring (bicyclic) bond motifs is 1. The van der Waals surface area contributed by atoms with Crippen molar-refractivity contribution >= 4 is 33.2 Å². The van der Waals surface area contributed by atoms with E-state index in [0.717, 1.165) is 23.1 Å². The van der Waals surface area contributed by atoms with Crippen molar-refractivity contribution in [3.63, 3.8) is 0 Å². The summed E-state index contributed by atoms with van der Waals surface area (Å²) in [4.78, 5) is 24.8. The Labute approximate surface area is 154 Å². The maximum atomic E-state index is 13.7. The molecular formula is C20H17FN2O2S. The van der Waals surface area contributed by atoms with E-state index in [-0.39, 0.29) is 17.6 Å². The number of nitrogens with one attached hydrogen (secondary N) is 2. The maximum Gasteiger partial charge on any atom is 0.261 e. The lowest BCUT2D eigenvalue weighted by molar-refractivity contribution is 0.0943. The second-order valence-corrected chi connectivity index (χ2v) is 7.47. The highest BCUT2D eigenvalue weighted by molar-refractivity contribution is 7.20. The van der Waals surface area contributed by atoms with Crippen LogP contribution in [0.4, 0.5) is 4.39 Å². The molecule has 1 aromatic heterocycles. The number of rotatable bonds is 5. The van der Waals surface area contributed by atoms with Crippen LogP contribution in [0.25, 0.3) is 10.1 Å². The smallest absolute Gasteiger partial charge is 0.261 e. The molecule has 0 atom stereocenters. The second-order valence-electron chi connectivity index (χ2n) is 6.39. The fourth-order valence-electron chi connectivity index (χ4n) is 2.68.